The van der Waals surface area contributed by atoms with Crippen molar-refractivity contribution >= 4 is 40.0 Å². The van der Waals surface area contributed by atoms with Crippen molar-refractivity contribution in [1.82, 2.24) is 24.7 Å². The Morgan fingerprint density at radius 3 is 2.61 bits per heavy atom. The number of carbonyl (C=O) groups excluding carboxylic acids is 1. The van der Waals surface area contributed by atoms with Crippen LogP contribution in [0.1, 0.15) is 69.7 Å². The summed E-state index contributed by atoms with van der Waals surface area (Å²) in [7, 11) is 1.56. The van der Waals surface area contributed by atoms with Crippen LogP contribution in [0.4, 0.5) is 19.4 Å². The number of anilines is 1. The van der Waals surface area contributed by atoms with Crippen LogP contribution >= 0.6 is 0 Å². The van der Waals surface area contributed by atoms with Gasteiger partial charge >= 0.3 is 12.1 Å². The second-order valence-corrected chi connectivity index (χ2v) is 16.4. The van der Waals surface area contributed by atoms with Crippen LogP contribution in [0.2, 0.25) is 0 Å². The fraction of sp³-hybridized carbons (Fsp3) is 0.550. The van der Waals surface area contributed by atoms with E-state index in [1.165, 1.54) is 0 Å². The van der Waals surface area contributed by atoms with Crippen molar-refractivity contribution in [3.63, 3.8) is 0 Å². The predicted octanol–water partition coefficient (Wildman–Crippen LogP) is 6.03. The number of fused-ring (bicyclic) bond motifs is 7. The molecule has 6 aliphatic heterocycles. The Hall–Kier alpha value is -4.56. The Kier molecular flexibility index (Phi) is 8.68. The minimum atomic E-state index is -0.918. The van der Waals surface area contributed by atoms with Crippen LogP contribution in [0.3, 0.4) is 0 Å². The van der Waals surface area contributed by atoms with Crippen molar-refractivity contribution in [2.45, 2.75) is 82.3 Å². The van der Waals surface area contributed by atoms with Crippen LogP contribution in [0.25, 0.3) is 22.3 Å². The van der Waals surface area contributed by atoms with E-state index < -0.39 is 23.1 Å². The third-order valence-corrected chi connectivity index (χ3v) is 11.7. The van der Waals surface area contributed by atoms with Gasteiger partial charge < -0.3 is 28.7 Å². The van der Waals surface area contributed by atoms with Crippen LogP contribution in [0.15, 0.2) is 41.4 Å². The molecule has 0 unspecified atom stereocenters. The highest BCUT2D eigenvalue weighted by Gasteiger charge is 2.50. The Morgan fingerprint density at radius 2 is 1.83 bits per heavy atom. The molecule has 7 heterocycles. The van der Waals surface area contributed by atoms with Crippen molar-refractivity contribution in [1.29, 1.82) is 0 Å². The zero-order valence-electron chi connectivity index (χ0n) is 31.3. The fourth-order valence-corrected chi connectivity index (χ4v) is 9.49. The maximum absolute atomic E-state index is 17.7. The van der Waals surface area contributed by atoms with E-state index in [4.69, 9.17) is 33.9 Å². The van der Waals surface area contributed by atoms with Crippen LogP contribution in [0.5, 0.6) is 11.8 Å². The van der Waals surface area contributed by atoms with E-state index in [0.29, 0.717) is 73.4 Å². The standard InChI is InChI=1S/C40H47F2N7O5/c1-39(2,3)54-38(50)49-26-10-11-27(49)21-46(20-26)36-31-33(44-37(45-36)52-22-40-12-7-14-47(40)19-25(41)18-40)32(42)34(48-15-13-43-35(31)48)30-17-28(53-23-51-4)16-24-8-5-6-9-29(24)30/h5-6,8-9,16-17,25-27H,7,10-15,18-23H2,1-4H3/t25-,26-,27+,40+/m1/s1. The molecule has 14 heteroatoms. The van der Waals surface area contributed by atoms with Crippen molar-refractivity contribution < 1.29 is 32.5 Å². The molecule has 2 aromatic carbocycles. The molecule has 0 radical (unpaired) electrons. The second-order valence-electron chi connectivity index (χ2n) is 16.4. The maximum Gasteiger partial charge on any atom is 0.410 e. The van der Waals surface area contributed by atoms with Crippen molar-refractivity contribution in [2.24, 2.45) is 4.99 Å². The molecule has 0 aliphatic carbocycles. The summed E-state index contributed by atoms with van der Waals surface area (Å²) in [6.07, 6.45) is 2.58. The van der Waals surface area contributed by atoms with Crippen LogP contribution in [-0.4, -0.2) is 126 Å². The lowest BCUT2D eigenvalue weighted by Crippen LogP contribution is -2.57. The molecular formula is C40H47F2N7O5. The number of rotatable bonds is 8. The van der Waals surface area contributed by atoms with Gasteiger partial charge in [-0.05, 0) is 75.9 Å². The molecule has 2 bridgehead atoms. The zero-order chi connectivity index (χ0) is 37.4. The topological polar surface area (TPSA) is 105 Å². The maximum atomic E-state index is 17.7. The summed E-state index contributed by atoms with van der Waals surface area (Å²) < 4.78 is 55.8. The molecule has 1 amide bonds. The number of alkyl halides is 1. The molecule has 54 heavy (non-hydrogen) atoms. The molecule has 0 saturated carbocycles. The zero-order valence-corrected chi connectivity index (χ0v) is 31.3. The highest BCUT2D eigenvalue weighted by Crippen LogP contribution is 2.47. The molecule has 1 aromatic heterocycles. The minimum Gasteiger partial charge on any atom is -0.468 e. The van der Waals surface area contributed by atoms with E-state index in [0.717, 1.165) is 43.0 Å². The Labute approximate surface area is 313 Å². The molecular weight excluding hydrogens is 696 g/mol. The molecule has 286 valence electrons. The monoisotopic (exact) mass is 743 g/mol. The summed E-state index contributed by atoms with van der Waals surface area (Å²) in [5.41, 5.74) is 0.543. The van der Waals surface area contributed by atoms with Gasteiger partial charge in [-0.2, -0.15) is 9.97 Å². The predicted molar refractivity (Wildman–Crippen MR) is 200 cm³/mol. The first-order valence-electron chi connectivity index (χ1n) is 19.1. The normalized spacial score (nSPS) is 26.3. The molecule has 12 nitrogen and oxygen atoms in total. The third kappa shape index (κ3) is 6.01. The number of hydrogen-bond acceptors (Lipinski definition) is 11. The number of aromatic nitrogens is 2. The molecule has 4 saturated heterocycles. The fourth-order valence-electron chi connectivity index (χ4n) is 9.49. The Bertz CT molecular complexity index is 2040. The van der Waals surface area contributed by atoms with E-state index in [2.05, 4.69) is 9.80 Å². The van der Waals surface area contributed by atoms with Gasteiger partial charge in [-0.3, -0.25) is 14.8 Å². The van der Waals surface area contributed by atoms with Gasteiger partial charge in [0.15, 0.2) is 12.6 Å². The third-order valence-electron chi connectivity index (χ3n) is 11.7. The van der Waals surface area contributed by atoms with Crippen molar-refractivity contribution in [2.75, 3.05) is 64.7 Å². The second kappa shape index (κ2) is 13.3. The molecule has 0 N–H and O–H groups in total. The number of amides is 1. The number of piperazine rings is 1. The summed E-state index contributed by atoms with van der Waals surface area (Å²) in [6.45, 7) is 8.97. The number of ether oxygens (including phenoxy) is 4. The smallest absolute Gasteiger partial charge is 0.410 e. The van der Waals surface area contributed by atoms with Gasteiger partial charge in [0.1, 0.15) is 41.5 Å². The highest BCUT2D eigenvalue weighted by molar-refractivity contribution is 6.17. The molecule has 0 spiro atoms. The van der Waals surface area contributed by atoms with Gasteiger partial charge in [0.25, 0.3) is 0 Å². The highest BCUT2D eigenvalue weighted by atomic mass is 19.1. The summed E-state index contributed by atoms with van der Waals surface area (Å²) in [4.78, 5) is 36.3. The number of amidine groups is 1. The van der Waals surface area contributed by atoms with E-state index in [-0.39, 0.29) is 43.3 Å². The summed E-state index contributed by atoms with van der Waals surface area (Å²) in [5.74, 6) is 1.14. The number of hydrogen-bond donors (Lipinski definition) is 0. The average Bonchev–Trinajstić information content (AvgIpc) is 3.90. The van der Waals surface area contributed by atoms with E-state index in [9.17, 15) is 9.18 Å². The van der Waals surface area contributed by atoms with Crippen molar-refractivity contribution in [3.05, 3.63) is 53.2 Å². The van der Waals surface area contributed by atoms with Gasteiger partial charge in [-0.15, -0.1) is 0 Å². The molecule has 6 aliphatic rings. The number of nitrogens with zero attached hydrogens (tertiary/aromatic N) is 7. The van der Waals surface area contributed by atoms with Gasteiger partial charge in [-0.1, -0.05) is 24.3 Å². The number of carbonyl (C=O) groups is 1. The SMILES string of the molecule is COCOc1cc(C2=C(F)c3nc(OC[C@@]45CCCN4C[C@H](F)C5)nc(N4C[C@H]5CC[C@@H](C4)N5C(=O)OC(C)(C)C)c3C3=NCCN32)c2ccccc2c1. The quantitative estimate of drug-likeness (QED) is 0.254. The summed E-state index contributed by atoms with van der Waals surface area (Å²) in [6, 6.07) is 11.4. The molecule has 3 aromatic rings. The van der Waals surface area contributed by atoms with Gasteiger partial charge in [0.2, 0.25) is 0 Å². The first kappa shape index (κ1) is 35.2. The number of benzene rings is 2. The largest absolute Gasteiger partial charge is 0.468 e. The molecule has 9 rings (SSSR count). The lowest BCUT2D eigenvalue weighted by atomic mass is 9.95. The van der Waals surface area contributed by atoms with Crippen LogP contribution < -0.4 is 14.4 Å². The van der Waals surface area contributed by atoms with E-state index in [1.54, 1.807) is 7.11 Å². The molecule has 4 atom stereocenters. The van der Waals surface area contributed by atoms with E-state index in [1.807, 2.05) is 67.0 Å². The minimum absolute atomic E-state index is 0.0396. The lowest BCUT2D eigenvalue weighted by molar-refractivity contribution is 0.0122. The van der Waals surface area contributed by atoms with Gasteiger partial charge in [0.05, 0.1) is 35.4 Å². The van der Waals surface area contributed by atoms with Crippen LogP contribution in [0, 0.1) is 0 Å². The van der Waals surface area contributed by atoms with Crippen molar-refractivity contribution in [3.8, 4) is 11.8 Å². The number of aliphatic imine (C=N–C) groups is 1. The van der Waals surface area contributed by atoms with Gasteiger partial charge in [0, 0.05) is 45.3 Å². The number of methoxy groups -OCH3 is 1. The Balaban J connectivity index is 1.16. The first-order valence-corrected chi connectivity index (χ1v) is 19.1. The average molecular weight is 744 g/mol. The molecule has 4 fully saturated rings. The first-order chi connectivity index (χ1) is 26.0. The summed E-state index contributed by atoms with van der Waals surface area (Å²) >= 11 is 0. The summed E-state index contributed by atoms with van der Waals surface area (Å²) in [5, 5.41) is 1.74. The van der Waals surface area contributed by atoms with E-state index >= 15 is 4.39 Å². The van der Waals surface area contributed by atoms with Crippen LogP contribution in [-0.2, 0) is 9.47 Å². The number of halogens is 2. The van der Waals surface area contributed by atoms with Gasteiger partial charge in [-0.25, -0.2) is 13.6 Å². The Morgan fingerprint density at radius 1 is 1.04 bits per heavy atom. The lowest BCUT2D eigenvalue weighted by Gasteiger charge is -2.43.